The first kappa shape index (κ1) is 20.6. The minimum atomic E-state index is -0.772. The van der Waals surface area contributed by atoms with Crippen molar-refractivity contribution in [2.24, 2.45) is 5.73 Å². The van der Waals surface area contributed by atoms with E-state index in [-0.39, 0.29) is 40.9 Å². The highest BCUT2D eigenvalue weighted by atomic mass is 16.6. The Kier molecular flexibility index (Phi) is 5.81. The first-order valence-electron chi connectivity index (χ1n) is 8.93. The molecule has 3 rings (SSSR count). The van der Waals surface area contributed by atoms with Crippen LogP contribution in [0.2, 0.25) is 0 Å². The van der Waals surface area contributed by atoms with Crippen molar-refractivity contribution in [1.82, 2.24) is 9.78 Å². The van der Waals surface area contributed by atoms with Crippen LogP contribution < -0.4 is 15.8 Å². The van der Waals surface area contributed by atoms with E-state index in [1.165, 1.54) is 35.1 Å². The van der Waals surface area contributed by atoms with E-state index in [2.05, 4.69) is 10.4 Å². The molecule has 0 radical (unpaired) electrons. The molecule has 2 aromatic heterocycles. The molecule has 0 saturated heterocycles. The Hall–Kier alpha value is -4.15. The van der Waals surface area contributed by atoms with E-state index < -0.39 is 16.7 Å². The Morgan fingerprint density at radius 2 is 2.10 bits per heavy atom. The van der Waals surface area contributed by atoms with Crippen molar-refractivity contribution in [2.75, 3.05) is 5.32 Å². The molecule has 1 aromatic carbocycles. The number of primary amides is 1. The van der Waals surface area contributed by atoms with Gasteiger partial charge in [0.05, 0.1) is 10.6 Å². The third-order valence-electron chi connectivity index (χ3n) is 4.13. The summed E-state index contributed by atoms with van der Waals surface area (Å²) in [7, 11) is 0. The van der Waals surface area contributed by atoms with Crippen LogP contribution in [0.1, 0.15) is 39.3 Å². The van der Waals surface area contributed by atoms with Crippen molar-refractivity contribution in [2.45, 2.75) is 27.0 Å². The van der Waals surface area contributed by atoms with Crippen LogP contribution in [0.3, 0.4) is 0 Å². The zero-order chi connectivity index (χ0) is 21.8. The second-order valence-electron chi connectivity index (χ2n) is 6.35. The van der Waals surface area contributed by atoms with Crippen molar-refractivity contribution in [3.05, 3.63) is 69.4 Å². The molecule has 3 N–H and O–H groups in total. The van der Waals surface area contributed by atoms with Gasteiger partial charge in [-0.15, -0.1) is 0 Å². The normalized spacial score (nSPS) is 10.6. The van der Waals surface area contributed by atoms with Gasteiger partial charge >= 0.3 is 5.69 Å². The molecule has 0 aliphatic heterocycles. The van der Waals surface area contributed by atoms with E-state index in [4.69, 9.17) is 14.9 Å². The minimum absolute atomic E-state index is 0.0355. The zero-order valence-electron chi connectivity index (χ0n) is 16.2. The van der Waals surface area contributed by atoms with Crippen LogP contribution >= 0.6 is 0 Å². The van der Waals surface area contributed by atoms with E-state index in [0.29, 0.717) is 6.54 Å². The molecule has 3 aromatic rings. The number of furan rings is 1. The molecule has 2 heterocycles. The Bertz CT molecular complexity index is 1120. The molecule has 0 bridgehead atoms. The summed E-state index contributed by atoms with van der Waals surface area (Å²) < 4.78 is 12.4. The lowest BCUT2D eigenvalue weighted by atomic mass is 10.2. The van der Waals surface area contributed by atoms with Crippen LogP contribution in [0.5, 0.6) is 5.75 Å². The van der Waals surface area contributed by atoms with E-state index >= 15 is 0 Å². The van der Waals surface area contributed by atoms with Gasteiger partial charge in [-0.1, -0.05) is 6.07 Å². The first-order valence-corrected chi connectivity index (χ1v) is 8.93. The van der Waals surface area contributed by atoms with Crippen molar-refractivity contribution in [3.63, 3.8) is 0 Å². The maximum atomic E-state index is 12.4. The van der Waals surface area contributed by atoms with Crippen molar-refractivity contribution >= 4 is 23.2 Å². The van der Waals surface area contributed by atoms with Crippen LogP contribution in [0.25, 0.3) is 0 Å². The predicted molar refractivity (Wildman–Crippen MR) is 105 cm³/mol. The number of aryl methyl sites for hydroxylation is 2. The molecule has 0 atom stereocenters. The summed E-state index contributed by atoms with van der Waals surface area (Å²) in [6.45, 7) is 3.93. The molecule has 0 unspecified atom stereocenters. The summed E-state index contributed by atoms with van der Waals surface area (Å²) in [5.41, 5.74) is 5.96. The third-order valence-corrected chi connectivity index (χ3v) is 4.13. The molecule has 30 heavy (non-hydrogen) atoms. The predicted octanol–water partition coefficient (Wildman–Crippen LogP) is 2.64. The molecule has 0 saturated carbocycles. The second-order valence-corrected chi connectivity index (χ2v) is 6.35. The summed E-state index contributed by atoms with van der Waals surface area (Å²) in [4.78, 5) is 34.6. The summed E-state index contributed by atoms with van der Waals surface area (Å²) in [6.07, 6.45) is 1.49. The van der Waals surface area contributed by atoms with Gasteiger partial charge in [-0.05, 0) is 37.6 Å². The molecular formula is C19H19N5O6. The first-order chi connectivity index (χ1) is 14.3. The summed E-state index contributed by atoms with van der Waals surface area (Å²) in [6, 6.07) is 7.53. The van der Waals surface area contributed by atoms with Gasteiger partial charge < -0.3 is 20.2 Å². The Morgan fingerprint density at radius 1 is 1.33 bits per heavy atom. The van der Waals surface area contributed by atoms with E-state index in [0.717, 1.165) is 5.56 Å². The standard InChI is InChI=1S/C19H19N5O6/c1-3-23-9-13(17(22-23)18(20)25)21-19(26)16-7-5-12(30-16)10-29-15-6-4-11(2)8-14(15)24(27)28/h4-9H,3,10H2,1-2H3,(H2,20,25)(H,21,26). The maximum absolute atomic E-state index is 12.4. The van der Waals surface area contributed by atoms with Gasteiger partial charge in [-0.25, -0.2) is 0 Å². The number of nitrogens with two attached hydrogens (primary N) is 1. The van der Waals surface area contributed by atoms with Crippen LogP contribution in [-0.2, 0) is 13.2 Å². The lowest BCUT2D eigenvalue weighted by molar-refractivity contribution is -0.386. The lowest BCUT2D eigenvalue weighted by Gasteiger charge is -2.06. The van der Waals surface area contributed by atoms with Crippen LogP contribution in [0.15, 0.2) is 40.9 Å². The van der Waals surface area contributed by atoms with Gasteiger partial charge in [0.15, 0.2) is 17.2 Å². The van der Waals surface area contributed by atoms with Gasteiger partial charge in [0.1, 0.15) is 12.4 Å². The highest BCUT2D eigenvalue weighted by Gasteiger charge is 2.20. The molecule has 11 heteroatoms. The van der Waals surface area contributed by atoms with E-state index in [9.17, 15) is 19.7 Å². The fourth-order valence-electron chi connectivity index (χ4n) is 2.66. The SMILES string of the molecule is CCn1cc(NC(=O)c2ccc(COc3ccc(C)cc3[N+](=O)[O-])o2)c(C(N)=O)n1. The quantitative estimate of drug-likeness (QED) is 0.425. The molecule has 156 valence electrons. The lowest BCUT2D eigenvalue weighted by Crippen LogP contribution is -2.17. The van der Waals surface area contributed by atoms with Gasteiger partial charge in [-0.3, -0.25) is 24.4 Å². The number of carbonyl (C=O) groups is 2. The van der Waals surface area contributed by atoms with Gasteiger partial charge in [0, 0.05) is 18.8 Å². The monoisotopic (exact) mass is 413 g/mol. The number of ether oxygens (including phenoxy) is 1. The van der Waals surface area contributed by atoms with Crippen LogP contribution in [0.4, 0.5) is 11.4 Å². The number of rotatable bonds is 8. The number of hydrogen-bond donors (Lipinski definition) is 2. The molecule has 0 aliphatic carbocycles. The number of hydrogen-bond acceptors (Lipinski definition) is 7. The van der Waals surface area contributed by atoms with Crippen LogP contribution in [0, 0.1) is 17.0 Å². The summed E-state index contributed by atoms with van der Waals surface area (Å²) in [5, 5.41) is 17.7. The van der Waals surface area contributed by atoms with Gasteiger partial charge in [-0.2, -0.15) is 5.10 Å². The number of anilines is 1. The highest BCUT2D eigenvalue weighted by Crippen LogP contribution is 2.28. The molecule has 0 aliphatic rings. The molecule has 11 nitrogen and oxygen atoms in total. The fraction of sp³-hybridized carbons (Fsp3) is 0.211. The van der Waals surface area contributed by atoms with Crippen molar-refractivity contribution < 1.29 is 23.7 Å². The van der Waals surface area contributed by atoms with Crippen molar-refractivity contribution in [3.8, 4) is 5.75 Å². The third kappa shape index (κ3) is 4.46. The molecular weight excluding hydrogens is 394 g/mol. The largest absolute Gasteiger partial charge is 0.479 e. The highest BCUT2D eigenvalue weighted by molar-refractivity contribution is 6.06. The minimum Gasteiger partial charge on any atom is -0.479 e. The maximum Gasteiger partial charge on any atom is 0.311 e. The van der Waals surface area contributed by atoms with Gasteiger partial charge in [0.2, 0.25) is 0 Å². The number of carbonyl (C=O) groups excluding carboxylic acids is 2. The zero-order valence-corrected chi connectivity index (χ0v) is 16.2. The Labute approximate surface area is 170 Å². The number of aromatic nitrogens is 2. The van der Waals surface area contributed by atoms with Gasteiger partial charge in [0.25, 0.3) is 11.8 Å². The Morgan fingerprint density at radius 3 is 2.77 bits per heavy atom. The average Bonchev–Trinajstić information content (AvgIpc) is 3.34. The number of nitrogens with one attached hydrogen (secondary N) is 1. The molecule has 2 amide bonds. The molecule has 0 fully saturated rings. The van der Waals surface area contributed by atoms with Crippen molar-refractivity contribution in [1.29, 1.82) is 0 Å². The number of nitro groups is 1. The fourth-order valence-corrected chi connectivity index (χ4v) is 2.66. The summed E-state index contributed by atoms with van der Waals surface area (Å²) in [5.74, 6) is -1.04. The number of benzene rings is 1. The number of nitro benzene ring substituents is 1. The second kappa shape index (κ2) is 8.47. The number of nitrogens with zero attached hydrogens (tertiary/aromatic N) is 3. The topological polar surface area (TPSA) is 156 Å². The van der Waals surface area contributed by atoms with Crippen LogP contribution in [-0.4, -0.2) is 26.5 Å². The van der Waals surface area contributed by atoms with E-state index in [1.807, 2.05) is 6.92 Å². The summed E-state index contributed by atoms with van der Waals surface area (Å²) >= 11 is 0. The van der Waals surface area contributed by atoms with E-state index in [1.54, 1.807) is 13.0 Å². The smallest absolute Gasteiger partial charge is 0.311 e. The molecule has 0 spiro atoms. The Balaban J connectivity index is 1.70. The average molecular weight is 413 g/mol. The number of amides is 2.